The Labute approximate surface area is 112 Å². The van der Waals surface area contributed by atoms with Crippen molar-refractivity contribution in [3.63, 3.8) is 0 Å². The maximum absolute atomic E-state index is 12.6. The van der Waals surface area contributed by atoms with Gasteiger partial charge in [-0.05, 0) is 13.0 Å². The van der Waals surface area contributed by atoms with E-state index in [1.54, 1.807) is 24.4 Å². The van der Waals surface area contributed by atoms with Gasteiger partial charge in [-0.1, -0.05) is 18.2 Å². The summed E-state index contributed by atoms with van der Waals surface area (Å²) in [5, 5.41) is 2.08. The Morgan fingerprint density at radius 1 is 1.47 bits per heavy atom. The molecule has 1 heterocycles. The maximum Gasteiger partial charge on any atom is 0.357 e. The molecule has 0 unspecified atom stereocenters. The van der Waals surface area contributed by atoms with Gasteiger partial charge in [-0.3, -0.25) is 0 Å². The predicted molar refractivity (Wildman–Crippen MR) is 68.5 cm³/mol. The topological polar surface area (TPSA) is 39.2 Å². The molecule has 1 aromatic carbocycles. The third-order valence-corrected chi connectivity index (χ3v) is 3.27. The molecule has 0 spiro atoms. The number of carbonyl (C=O) groups is 1. The van der Waals surface area contributed by atoms with Gasteiger partial charge in [0.1, 0.15) is 5.01 Å². The fourth-order valence-corrected chi connectivity index (χ4v) is 2.30. The van der Waals surface area contributed by atoms with Crippen LogP contribution in [0.3, 0.4) is 0 Å². The summed E-state index contributed by atoms with van der Waals surface area (Å²) >= 11 is 1.22. The Morgan fingerprint density at radius 2 is 2.26 bits per heavy atom. The van der Waals surface area contributed by atoms with Crippen LogP contribution in [0.2, 0.25) is 0 Å². The molecule has 2 aromatic rings. The summed E-state index contributed by atoms with van der Waals surface area (Å²) in [5.74, 6) is -0.505. The van der Waals surface area contributed by atoms with Crippen molar-refractivity contribution in [3.8, 4) is 10.6 Å². The summed E-state index contributed by atoms with van der Waals surface area (Å²) in [6, 6.07) is 5.95. The molecule has 0 aliphatic heterocycles. The first kappa shape index (κ1) is 13.6. The van der Waals surface area contributed by atoms with Crippen molar-refractivity contribution in [1.82, 2.24) is 4.98 Å². The molecule has 100 valence electrons. The van der Waals surface area contributed by atoms with E-state index >= 15 is 0 Å². The lowest BCUT2D eigenvalue weighted by Gasteiger charge is -2.01. The Kier molecular flexibility index (Phi) is 4.21. The number of benzene rings is 1. The van der Waals surface area contributed by atoms with Crippen LogP contribution in [0, 0.1) is 0 Å². The lowest BCUT2D eigenvalue weighted by Crippen LogP contribution is -2.04. The Morgan fingerprint density at radius 3 is 2.95 bits per heavy atom. The molecule has 0 bridgehead atoms. The molecule has 19 heavy (non-hydrogen) atoms. The fraction of sp³-hybridized carbons (Fsp3) is 0.231. The molecule has 0 aliphatic carbocycles. The van der Waals surface area contributed by atoms with E-state index in [0.717, 1.165) is 0 Å². The van der Waals surface area contributed by atoms with E-state index in [1.807, 2.05) is 0 Å². The molecule has 2 rings (SSSR count). The molecule has 0 atom stereocenters. The number of hydrogen-bond acceptors (Lipinski definition) is 4. The first-order valence-electron chi connectivity index (χ1n) is 5.63. The minimum atomic E-state index is -2.52. The van der Waals surface area contributed by atoms with Crippen LogP contribution in [0.5, 0.6) is 0 Å². The zero-order valence-electron chi connectivity index (χ0n) is 10.1. The monoisotopic (exact) mass is 283 g/mol. The van der Waals surface area contributed by atoms with Crippen LogP contribution in [-0.2, 0) is 4.74 Å². The van der Waals surface area contributed by atoms with E-state index in [-0.39, 0.29) is 17.9 Å². The average molecular weight is 283 g/mol. The van der Waals surface area contributed by atoms with Crippen LogP contribution in [-0.4, -0.2) is 17.6 Å². The van der Waals surface area contributed by atoms with Gasteiger partial charge in [0, 0.05) is 16.5 Å². The zero-order chi connectivity index (χ0) is 13.8. The third-order valence-electron chi connectivity index (χ3n) is 2.37. The molecular formula is C13H11F2NO2S. The number of nitrogens with zero attached hydrogens (tertiary/aromatic N) is 1. The Hall–Kier alpha value is -1.82. The van der Waals surface area contributed by atoms with Crippen LogP contribution >= 0.6 is 11.3 Å². The standard InChI is InChI=1S/C13H11F2NO2S/c1-2-18-13(17)10-7-19-12(16-10)9-5-3-4-8(6-9)11(14)15/h3-7,11H,2H2,1H3. The third kappa shape index (κ3) is 3.14. The van der Waals surface area contributed by atoms with Gasteiger partial charge in [-0.2, -0.15) is 0 Å². The first-order chi connectivity index (χ1) is 9.11. The van der Waals surface area contributed by atoms with Gasteiger partial charge in [0.2, 0.25) is 0 Å². The van der Waals surface area contributed by atoms with Gasteiger partial charge in [0.15, 0.2) is 5.69 Å². The summed E-state index contributed by atoms with van der Waals surface area (Å²) < 4.78 is 30.0. The number of aromatic nitrogens is 1. The summed E-state index contributed by atoms with van der Waals surface area (Å²) in [7, 11) is 0. The molecule has 0 fully saturated rings. The highest BCUT2D eigenvalue weighted by molar-refractivity contribution is 7.13. The molecular weight excluding hydrogens is 272 g/mol. The number of carbonyl (C=O) groups excluding carboxylic acids is 1. The number of alkyl halides is 2. The van der Waals surface area contributed by atoms with Crippen molar-refractivity contribution >= 4 is 17.3 Å². The molecule has 0 saturated heterocycles. The van der Waals surface area contributed by atoms with Crippen molar-refractivity contribution in [2.45, 2.75) is 13.3 Å². The molecule has 0 N–H and O–H groups in total. The summed E-state index contributed by atoms with van der Waals surface area (Å²) in [4.78, 5) is 15.6. The largest absolute Gasteiger partial charge is 0.461 e. The van der Waals surface area contributed by atoms with Crippen molar-refractivity contribution in [1.29, 1.82) is 0 Å². The second-order valence-electron chi connectivity index (χ2n) is 3.68. The average Bonchev–Trinajstić information content (AvgIpc) is 2.89. The van der Waals surface area contributed by atoms with E-state index in [2.05, 4.69) is 4.98 Å². The van der Waals surface area contributed by atoms with Gasteiger partial charge < -0.3 is 4.74 Å². The van der Waals surface area contributed by atoms with E-state index in [9.17, 15) is 13.6 Å². The first-order valence-corrected chi connectivity index (χ1v) is 6.51. The van der Waals surface area contributed by atoms with Crippen LogP contribution in [0.15, 0.2) is 29.6 Å². The van der Waals surface area contributed by atoms with E-state index < -0.39 is 12.4 Å². The lowest BCUT2D eigenvalue weighted by atomic mass is 10.1. The van der Waals surface area contributed by atoms with E-state index in [4.69, 9.17) is 4.74 Å². The molecule has 1 aromatic heterocycles. The number of ether oxygens (including phenoxy) is 1. The number of esters is 1. The van der Waals surface area contributed by atoms with Crippen LogP contribution < -0.4 is 0 Å². The highest BCUT2D eigenvalue weighted by atomic mass is 32.1. The fourth-order valence-electron chi connectivity index (χ4n) is 1.51. The van der Waals surface area contributed by atoms with Gasteiger partial charge >= 0.3 is 5.97 Å². The van der Waals surface area contributed by atoms with Crippen molar-refractivity contribution < 1.29 is 18.3 Å². The van der Waals surface area contributed by atoms with Gasteiger partial charge in [-0.25, -0.2) is 18.6 Å². The quantitative estimate of drug-likeness (QED) is 0.798. The Balaban J connectivity index is 2.27. The predicted octanol–water partition coefficient (Wildman–Crippen LogP) is 3.92. The molecule has 0 amide bonds. The second-order valence-corrected chi connectivity index (χ2v) is 4.54. The molecule has 0 radical (unpaired) electrons. The number of rotatable bonds is 4. The number of thiazole rings is 1. The number of halogens is 2. The lowest BCUT2D eigenvalue weighted by molar-refractivity contribution is 0.0520. The van der Waals surface area contributed by atoms with Crippen molar-refractivity contribution in [2.75, 3.05) is 6.61 Å². The van der Waals surface area contributed by atoms with Crippen molar-refractivity contribution in [3.05, 3.63) is 40.9 Å². The maximum atomic E-state index is 12.6. The summed E-state index contributed by atoms with van der Waals surface area (Å²) in [6.45, 7) is 1.98. The second kappa shape index (κ2) is 5.88. The van der Waals surface area contributed by atoms with E-state index in [1.165, 1.54) is 23.5 Å². The van der Waals surface area contributed by atoms with Gasteiger partial charge in [0.25, 0.3) is 6.43 Å². The van der Waals surface area contributed by atoms with Crippen molar-refractivity contribution in [2.24, 2.45) is 0 Å². The normalized spacial score (nSPS) is 10.7. The highest BCUT2D eigenvalue weighted by Crippen LogP contribution is 2.28. The minimum absolute atomic E-state index is 0.0645. The molecule has 0 saturated carbocycles. The zero-order valence-corrected chi connectivity index (χ0v) is 10.9. The molecule has 6 heteroatoms. The Bertz CT molecular complexity index is 584. The molecule has 3 nitrogen and oxygen atoms in total. The highest BCUT2D eigenvalue weighted by Gasteiger charge is 2.14. The van der Waals surface area contributed by atoms with Gasteiger partial charge in [0.05, 0.1) is 6.61 Å². The minimum Gasteiger partial charge on any atom is -0.461 e. The van der Waals surface area contributed by atoms with Crippen LogP contribution in [0.4, 0.5) is 8.78 Å². The molecule has 0 aliphatic rings. The number of hydrogen-bond donors (Lipinski definition) is 0. The smallest absolute Gasteiger partial charge is 0.357 e. The SMILES string of the molecule is CCOC(=O)c1csc(-c2cccc(C(F)F)c2)n1. The van der Waals surface area contributed by atoms with Crippen LogP contribution in [0.1, 0.15) is 29.4 Å². The van der Waals surface area contributed by atoms with Crippen LogP contribution in [0.25, 0.3) is 10.6 Å². The van der Waals surface area contributed by atoms with E-state index in [0.29, 0.717) is 10.6 Å². The van der Waals surface area contributed by atoms with Gasteiger partial charge in [-0.15, -0.1) is 11.3 Å². The summed E-state index contributed by atoms with van der Waals surface area (Å²) in [6.07, 6.45) is -2.52. The summed E-state index contributed by atoms with van der Waals surface area (Å²) in [5.41, 5.74) is 0.702.